The van der Waals surface area contributed by atoms with E-state index >= 15 is 0 Å². The number of thiophene rings is 1. The van der Waals surface area contributed by atoms with Crippen molar-refractivity contribution in [3.63, 3.8) is 0 Å². The Labute approximate surface area is 209 Å². The predicted molar refractivity (Wildman–Crippen MR) is 133 cm³/mol. The average Bonchev–Trinajstić information content (AvgIpc) is 3.48. The molecule has 0 bridgehead atoms. The molecule has 4 rings (SSSR count). The van der Waals surface area contributed by atoms with E-state index in [0.717, 1.165) is 36.1 Å². The number of halogens is 1. The molecule has 2 amide bonds. The van der Waals surface area contributed by atoms with Crippen LogP contribution in [0.15, 0.2) is 36.4 Å². The Kier molecular flexibility index (Phi) is 7.66. The molecule has 1 aliphatic carbocycles. The lowest BCUT2D eigenvalue weighted by Gasteiger charge is -2.30. The first-order chi connectivity index (χ1) is 16.2. The van der Waals surface area contributed by atoms with E-state index in [2.05, 4.69) is 0 Å². The van der Waals surface area contributed by atoms with Gasteiger partial charge in [0.15, 0.2) is 9.84 Å². The number of hydrogen-bond acceptors (Lipinski definition) is 6. The number of carbonyl (C=O) groups is 2. The molecule has 1 aliphatic heterocycles. The van der Waals surface area contributed by atoms with E-state index in [-0.39, 0.29) is 31.2 Å². The number of nitrogens with one attached hydrogen (secondary N) is 1. The molecule has 1 aromatic heterocycles. The van der Waals surface area contributed by atoms with Crippen LogP contribution in [-0.4, -0.2) is 49.2 Å². The summed E-state index contributed by atoms with van der Waals surface area (Å²) in [5.74, 6) is -0.638. The molecule has 7 nitrogen and oxygen atoms in total. The minimum Gasteiger partial charge on any atom is -0.342 e. The van der Waals surface area contributed by atoms with Gasteiger partial charge in [-0.25, -0.2) is 13.9 Å². The maximum absolute atomic E-state index is 13.7. The quantitative estimate of drug-likeness (QED) is 0.431. The molecule has 1 saturated heterocycles. The highest BCUT2D eigenvalue weighted by molar-refractivity contribution is 7.92. The van der Waals surface area contributed by atoms with Crippen LogP contribution in [0.1, 0.15) is 49.8 Å². The summed E-state index contributed by atoms with van der Waals surface area (Å²) in [4.78, 5) is 28.3. The second-order valence-electron chi connectivity index (χ2n) is 9.18. The summed E-state index contributed by atoms with van der Waals surface area (Å²) in [6.45, 7) is 0.365. The molecule has 184 valence electrons. The first-order valence-corrected chi connectivity index (χ1v) is 14.4. The summed E-state index contributed by atoms with van der Waals surface area (Å²) in [6, 6.07) is 10.8. The standard InChI is InChI=1S/C24H29ClN2O5S2/c25-19-7-5-18(6-8-19)20-9-10-21(33-20)24(16-22(28)26-30)11-12-27(13-14-34(24,31)32)23(29)15-17-3-1-2-4-17/h5-10,17,30H,1-4,11-16H2,(H,26,28)/t24-/m0/s1. The molecule has 1 aromatic carbocycles. The normalized spacial score (nSPS) is 22.9. The number of benzene rings is 1. The van der Waals surface area contributed by atoms with Gasteiger partial charge in [-0.3, -0.25) is 14.8 Å². The van der Waals surface area contributed by atoms with E-state index in [1.54, 1.807) is 28.6 Å². The van der Waals surface area contributed by atoms with Gasteiger partial charge in [-0.1, -0.05) is 36.6 Å². The molecule has 0 spiro atoms. The Hall–Kier alpha value is -1.94. The number of nitrogens with zero attached hydrogens (tertiary/aromatic N) is 1. The second kappa shape index (κ2) is 10.4. The SMILES string of the molecule is O=C(C[C@]1(c2ccc(-c3ccc(Cl)cc3)s2)CCN(C(=O)CC2CCCC2)CCS1(=O)=O)NO. The van der Waals surface area contributed by atoms with Gasteiger partial charge >= 0.3 is 0 Å². The van der Waals surface area contributed by atoms with Gasteiger partial charge in [0.1, 0.15) is 4.75 Å². The summed E-state index contributed by atoms with van der Waals surface area (Å²) in [5.41, 5.74) is 2.49. The Morgan fingerprint density at radius 3 is 2.50 bits per heavy atom. The molecule has 1 atom stereocenters. The van der Waals surface area contributed by atoms with Crippen LogP contribution in [0.3, 0.4) is 0 Å². The summed E-state index contributed by atoms with van der Waals surface area (Å²) in [6.07, 6.45) is 4.50. The number of sulfone groups is 1. The van der Waals surface area contributed by atoms with E-state index in [1.807, 2.05) is 18.2 Å². The molecule has 2 heterocycles. The summed E-state index contributed by atoms with van der Waals surface area (Å²) in [5, 5.41) is 9.81. The van der Waals surface area contributed by atoms with Crippen LogP contribution in [0.25, 0.3) is 10.4 Å². The van der Waals surface area contributed by atoms with Gasteiger partial charge in [0.2, 0.25) is 11.8 Å². The molecule has 0 unspecified atom stereocenters. The van der Waals surface area contributed by atoms with Crippen molar-refractivity contribution in [2.45, 2.75) is 49.7 Å². The van der Waals surface area contributed by atoms with Gasteiger partial charge in [-0.15, -0.1) is 11.3 Å². The molecule has 0 radical (unpaired) electrons. The number of hydrogen-bond donors (Lipinski definition) is 2. The fraction of sp³-hybridized carbons (Fsp3) is 0.500. The van der Waals surface area contributed by atoms with Gasteiger partial charge in [-0.05, 0) is 55.0 Å². The van der Waals surface area contributed by atoms with Crippen molar-refractivity contribution in [1.29, 1.82) is 0 Å². The number of amides is 2. The third kappa shape index (κ3) is 5.17. The largest absolute Gasteiger partial charge is 0.342 e. The zero-order valence-corrected chi connectivity index (χ0v) is 21.2. The number of carbonyl (C=O) groups excluding carboxylic acids is 2. The fourth-order valence-electron chi connectivity index (χ4n) is 5.06. The fourth-order valence-corrected chi connectivity index (χ4v) is 8.80. The summed E-state index contributed by atoms with van der Waals surface area (Å²) in [7, 11) is -3.83. The first kappa shape index (κ1) is 25.2. The zero-order valence-electron chi connectivity index (χ0n) is 18.8. The van der Waals surface area contributed by atoms with Gasteiger partial charge in [-0.2, -0.15) is 0 Å². The summed E-state index contributed by atoms with van der Waals surface area (Å²) >= 11 is 7.30. The third-order valence-corrected chi connectivity index (χ3v) is 11.3. The van der Waals surface area contributed by atoms with E-state index in [9.17, 15) is 23.2 Å². The molecule has 1 saturated carbocycles. The van der Waals surface area contributed by atoms with Crippen LogP contribution in [0.4, 0.5) is 0 Å². The Balaban J connectivity index is 1.65. The van der Waals surface area contributed by atoms with Crippen LogP contribution in [0, 0.1) is 5.92 Å². The molecule has 2 aliphatic rings. The van der Waals surface area contributed by atoms with Gasteiger partial charge < -0.3 is 4.90 Å². The maximum atomic E-state index is 13.7. The van der Waals surface area contributed by atoms with Crippen molar-refractivity contribution in [1.82, 2.24) is 10.4 Å². The monoisotopic (exact) mass is 524 g/mol. The first-order valence-electron chi connectivity index (χ1n) is 11.5. The van der Waals surface area contributed by atoms with E-state index in [0.29, 0.717) is 22.2 Å². The second-order valence-corrected chi connectivity index (χ2v) is 13.1. The molecule has 2 aromatic rings. The van der Waals surface area contributed by atoms with Crippen LogP contribution < -0.4 is 5.48 Å². The van der Waals surface area contributed by atoms with Crippen molar-refractivity contribution in [2.75, 3.05) is 18.8 Å². The lowest BCUT2D eigenvalue weighted by atomic mass is 9.96. The van der Waals surface area contributed by atoms with E-state index < -0.39 is 26.9 Å². The highest BCUT2D eigenvalue weighted by Gasteiger charge is 2.49. The van der Waals surface area contributed by atoms with Crippen molar-refractivity contribution < 1.29 is 23.2 Å². The molecular formula is C24H29ClN2O5S2. The smallest absolute Gasteiger partial charge is 0.245 e. The Bertz CT molecular complexity index is 1140. The zero-order chi connectivity index (χ0) is 24.3. The molecular weight excluding hydrogens is 496 g/mol. The van der Waals surface area contributed by atoms with Crippen molar-refractivity contribution in [3.8, 4) is 10.4 Å². The maximum Gasteiger partial charge on any atom is 0.245 e. The lowest BCUT2D eigenvalue weighted by Crippen LogP contribution is -2.41. The third-order valence-electron chi connectivity index (χ3n) is 7.06. The van der Waals surface area contributed by atoms with Crippen molar-refractivity contribution in [2.24, 2.45) is 5.92 Å². The topological polar surface area (TPSA) is 104 Å². The lowest BCUT2D eigenvalue weighted by molar-refractivity contribution is -0.132. The van der Waals surface area contributed by atoms with Crippen LogP contribution in [0.5, 0.6) is 0 Å². The van der Waals surface area contributed by atoms with Crippen LogP contribution >= 0.6 is 22.9 Å². The minimum atomic E-state index is -3.83. The van der Waals surface area contributed by atoms with E-state index in [1.165, 1.54) is 11.3 Å². The van der Waals surface area contributed by atoms with Gasteiger partial charge in [0.05, 0.1) is 12.2 Å². The Morgan fingerprint density at radius 2 is 1.82 bits per heavy atom. The van der Waals surface area contributed by atoms with Crippen LogP contribution in [0.2, 0.25) is 5.02 Å². The molecule has 34 heavy (non-hydrogen) atoms. The van der Waals surface area contributed by atoms with E-state index in [4.69, 9.17) is 11.6 Å². The minimum absolute atomic E-state index is 0.0162. The predicted octanol–water partition coefficient (Wildman–Crippen LogP) is 4.39. The van der Waals surface area contributed by atoms with Crippen molar-refractivity contribution >= 4 is 44.6 Å². The highest BCUT2D eigenvalue weighted by atomic mass is 35.5. The highest BCUT2D eigenvalue weighted by Crippen LogP contribution is 2.45. The average molecular weight is 525 g/mol. The Morgan fingerprint density at radius 1 is 1.12 bits per heavy atom. The molecule has 10 heteroatoms. The summed E-state index contributed by atoms with van der Waals surface area (Å²) < 4.78 is 25.8. The van der Waals surface area contributed by atoms with Gasteiger partial charge in [0, 0.05) is 34.3 Å². The number of rotatable bonds is 6. The van der Waals surface area contributed by atoms with Crippen molar-refractivity contribution in [3.05, 3.63) is 46.3 Å². The molecule has 2 fully saturated rings. The number of hydroxylamine groups is 1. The van der Waals surface area contributed by atoms with Crippen LogP contribution in [-0.2, 0) is 24.2 Å². The van der Waals surface area contributed by atoms with Gasteiger partial charge in [0.25, 0.3) is 0 Å². The molecule has 2 N–H and O–H groups in total.